The minimum Gasteiger partial charge on any atom is -0.381 e. The number of hydrogen-bond donors (Lipinski definition) is 5. The Kier molecular flexibility index (Phi) is 15.1. The Morgan fingerprint density at radius 2 is 1.21 bits per heavy atom. The molecule has 4 fully saturated rings. The molecule has 0 aromatic carbocycles. The average Bonchev–Trinajstić information content (AvgIpc) is 4.24. The summed E-state index contributed by atoms with van der Waals surface area (Å²) in [6.45, 7) is 18.7. The molecule has 0 unspecified atom stereocenters. The first-order chi connectivity index (χ1) is 36.6. The SMILES string of the molecule is C1CCOC1.CNCc1cccc(N2c3nc(Nc4cc[nH]c(=O)c4)ncc3[C@@]3(C)COC(C)(C)C[C@@H]23)n1.CNCc1cccc(N2c3nc(Nc4ccn([C@H]5CCOC5)c(=O)c4)ncc3[C@@]3(C)COC(C)(C)C[C@@H]23)n1.[HH].[HH].[HH].[HH]. The Morgan fingerprint density at radius 1 is 0.671 bits per heavy atom. The van der Waals surface area contributed by atoms with Crippen LogP contribution in [0, 0.1) is 0 Å². The molecule has 0 amide bonds. The fraction of sp³-hybridized carbons (Fsp3) is 0.500. The molecule has 20 heteroatoms. The lowest BCUT2D eigenvalue weighted by molar-refractivity contribution is -0.0895. The summed E-state index contributed by atoms with van der Waals surface area (Å²) in [5.74, 6) is 4.22. The van der Waals surface area contributed by atoms with Gasteiger partial charge < -0.3 is 59.6 Å². The summed E-state index contributed by atoms with van der Waals surface area (Å²) in [6, 6.07) is 19.2. The van der Waals surface area contributed by atoms with Crippen molar-refractivity contribution in [2.45, 2.75) is 127 Å². The first-order valence-corrected chi connectivity index (χ1v) is 26.5. The third-order valence-corrected chi connectivity index (χ3v) is 15.4. The van der Waals surface area contributed by atoms with Gasteiger partial charge in [-0.2, -0.15) is 9.97 Å². The summed E-state index contributed by atoms with van der Waals surface area (Å²) in [7, 11) is 3.83. The number of nitrogens with zero attached hydrogens (tertiary/aromatic N) is 9. The van der Waals surface area contributed by atoms with E-state index in [1.54, 1.807) is 22.9 Å². The molecular weight excluding hydrogens is 965 g/mol. The molecule has 5 N–H and O–H groups in total. The molecule has 6 aromatic heterocycles. The largest absolute Gasteiger partial charge is 0.381 e. The number of aromatic nitrogens is 8. The molecule has 6 aliphatic heterocycles. The van der Waals surface area contributed by atoms with Gasteiger partial charge >= 0.3 is 0 Å². The zero-order chi connectivity index (χ0) is 53.2. The van der Waals surface area contributed by atoms with Gasteiger partial charge in [0.25, 0.3) is 5.56 Å². The van der Waals surface area contributed by atoms with Gasteiger partial charge in [0, 0.05) is 109 Å². The van der Waals surface area contributed by atoms with Crippen LogP contribution in [-0.4, -0.2) is 116 Å². The summed E-state index contributed by atoms with van der Waals surface area (Å²) in [5, 5.41) is 12.8. The summed E-state index contributed by atoms with van der Waals surface area (Å²) in [4.78, 5) is 60.6. The molecule has 20 nitrogen and oxygen atoms in total. The van der Waals surface area contributed by atoms with E-state index in [9.17, 15) is 9.59 Å². The number of nitrogens with one attached hydrogen (secondary N) is 5. The van der Waals surface area contributed by atoms with Gasteiger partial charge in [-0.3, -0.25) is 9.59 Å². The minimum absolute atomic E-state index is 0. The van der Waals surface area contributed by atoms with E-state index in [4.69, 9.17) is 38.9 Å². The van der Waals surface area contributed by atoms with Crippen LogP contribution in [0.4, 0.5) is 46.5 Å². The third kappa shape index (κ3) is 11.0. The van der Waals surface area contributed by atoms with Crippen LogP contribution >= 0.6 is 0 Å². The number of H-pyrrole nitrogens is 1. The molecule has 0 saturated carbocycles. The zero-order valence-corrected chi connectivity index (χ0v) is 45.0. The fourth-order valence-corrected chi connectivity index (χ4v) is 11.2. The van der Waals surface area contributed by atoms with E-state index in [1.165, 1.54) is 18.9 Å². The van der Waals surface area contributed by atoms with Gasteiger partial charge in [-0.15, -0.1) is 0 Å². The van der Waals surface area contributed by atoms with Gasteiger partial charge in [0.05, 0.1) is 60.5 Å². The van der Waals surface area contributed by atoms with Crippen molar-refractivity contribution in [3.05, 3.63) is 129 Å². The highest BCUT2D eigenvalue weighted by Crippen LogP contribution is 2.54. The normalized spacial score (nSPS) is 24.5. The van der Waals surface area contributed by atoms with Crippen molar-refractivity contribution in [3.8, 4) is 0 Å². The molecule has 12 rings (SSSR count). The molecular formula is C56H80N14O6. The predicted octanol–water partition coefficient (Wildman–Crippen LogP) is 8.22. The maximum absolute atomic E-state index is 12.8. The number of rotatable bonds is 11. The Labute approximate surface area is 449 Å². The highest BCUT2D eigenvalue weighted by molar-refractivity contribution is 5.72. The van der Waals surface area contributed by atoms with Crippen LogP contribution in [0.25, 0.3) is 0 Å². The molecule has 0 bridgehead atoms. The molecule has 76 heavy (non-hydrogen) atoms. The predicted molar refractivity (Wildman–Crippen MR) is 301 cm³/mol. The molecule has 6 aromatic rings. The molecule has 410 valence electrons. The molecule has 0 radical (unpaired) electrons. The lowest BCUT2D eigenvalue weighted by Crippen LogP contribution is -2.54. The van der Waals surface area contributed by atoms with Gasteiger partial charge in [0.1, 0.15) is 23.3 Å². The molecule has 6 aliphatic rings. The number of hydrogen-bond acceptors (Lipinski definition) is 18. The monoisotopic (exact) mass is 1040 g/mol. The van der Waals surface area contributed by atoms with Crippen LogP contribution in [0.15, 0.2) is 95.0 Å². The van der Waals surface area contributed by atoms with Crippen molar-refractivity contribution in [2.75, 3.05) is 74.2 Å². The van der Waals surface area contributed by atoms with Gasteiger partial charge in [0.2, 0.25) is 17.5 Å². The van der Waals surface area contributed by atoms with Gasteiger partial charge in [-0.1, -0.05) is 26.0 Å². The molecule has 12 heterocycles. The van der Waals surface area contributed by atoms with Crippen LogP contribution < -0.4 is 42.2 Å². The quantitative estimate of drug-likeness (QED) is 0.0824. The number of fused-ring (bicyclic) bond motifs is 6. The standard InChI is InChI=1S/C28H35N7O3.C24H29N7O2.C4H8O.4H2/c1-27(2)13-22-28(3,17-38-27)21-15-30-26(32-18-8-10-34(24(36)12-18)20-9-11-37-16-20)33-25(21)35(22)23-7-5-6-19(31-23)14-29-4;1-23(2)11-18-24(3,14-33-23)17-13-27-22(29-15-8-9-26-20(32)10-15)30-21(17)31(18)19-7-5-6-16(28-19)12-25-4;1-2-4-5-3-1;;;;/h5-8,10,12,15,20,22,29H,9,11,13-14,16-17H2,1-4H3,(H,30,32,33);5-10,13,18,25H,11-12,14H2,1-4H3,(H2,26,27,29,30,32);1-4H2;4*1H/t20-,22+,28+;18-,24-;;;;;/m01...../s1. The van der Waals surface area contributed by atoms with Crippen LogP contribution in [0.3, 0.4) is 0 Å². The Morgan fingerprint density at radius 3 is 1.67 bits per heavy atom. The third-order valence-electron chi connectivity index (χ3n) is 15.4. The lowest BCUT2D eigenvalue weighted by Gasteiger charge is -2.46. The summed E-state index contributed by atoms with van der Waals surface area (Å²) >= 11 is 0. The number of aromatic amines is 1. The van der Waals surface area contributed by atoms with Gasteiger partial charge in [-0.25, -0.2) is 19.9 Å². The molecule has 4 saturated heterocycles. The fourth-order valence-electron chi connectivity index (χ4n) is 11.2. The van der Waals surface area contributed by atoms with Crippen molar-refractivity contribution in [3.63, 3.8) is 0 Å². The Balaban J connectivity index is 0.000000228. The number of pyridine rings is 4. The summed E-state index contributed by atoms with van der Waals surface area (Å²) < 4.78 is 24.7. The highest BCUT2D eigenvalue weighted by atomic mass is 16.5. The van der Waals surface area contributed by atoms with E-state index >= 15 is 0 Å². The van der Waals surface area contributed by atoms with E-state index in [0.29, 0.717) is 62.8 Å². The Bertz CT molecular complexity index is 3150. The van der Waals surface area contributed by atoms with E-state index in [2.05, 4.69) is 87.6 Å². The average molecular weight is 1050 g/mol. The topological polar surface area (TPSA) is 224 Å². The van der Waals surface area contributed by atoms with Gasteiger partial charge in [-0.05, 0) is 110 Å². The number of ether oxygens (including phenoxy) is 4. The van der Waals surface area contributed by atoms with Crippen molar-refractivity contribution < 1.29 is 24.7 Å². The van der Waals surface area contributed by atoms with Crippen molar-refractivity contribution in [2.24, 2.45) is 0 Å². The second-order valence-electron chi connectivity index (χ2n) is 22.2. The maximum Gasteiger partial charge on any atom is 0.252 e. The minimum atomic E-state index is -0.284. The first kappa shape index (κ1) is 52.7. The second kappa shape index (κ2) is 21.7. The van der Waals surface area contributed by atoms with Crippen LogP contribution in [0.2, 0.25) is 0 Å². The van der Waals surface area contributed by atoms with Crippen molar-refractivity contribution in [1.82, 2.24) is 50.1 Å². The van der Waals surface area contributed by atoms with Crippen LogP contribution in [0.1, 0.15) is 108 Å². The molecule has 5 atom stereocenters. The molecule has 0 spiro atoms. The lowest BCUT2D eigenvalue weighted by atomic mass is 9.73. The molecule has 0 aliphatic carbocycles. The van der Waals surface area contributed by atoms with E-state index in [0.717, 1.165) is 78.3 Å². The van der Waals surface area contributed by atoms with Crippen LogP contribution in [0.5, 0.6) is 0 Å². The maximum atomic E-state index is 12.8. The van der Waals surface area contributed by atoms with E-state index < -0.39 is 0 Å². The van der Waals surface area contributed by atoms with Crippen molar-refractivity contribution in [1.29, 1.82) is 0 Å². The Hall–Kier alpha value is -6.68. The smallest absolute Gasteiger partial charge is 0.252 e. The second-order valence-corrected chi connectivity index (χ2v) is 22.2. The summed E-state index contributed by atoms with van der Waals surface area (Å²) in [5.41, 5.74) is 3.95. The van der Waals surface area contributed by atoms with Gasteiger partial charge in [0.15, 0.2) is 0 Å². The van der Waals surface area contributed by atoms with E-state index in [-0.39, 0.29) is 57.0 Å². The number of anilines is 8. The zero-order valence-electron chi connectivity index (χ0n) is 45.0. The van der Waals surface area contributed by atoms with Crippen LogP contribution in [-0.2, 0) is 42.9 Å². The van der Waals surface area contributed by atoms with Crippen molar-refractivity contribution >= 4 is 46.5 Å². The van der Waals surface area contributed by atoms with E-state index in [1.807, 2.05) is 75.2 Å². The first-order valence-electron chi connectivity index (χ1n) is 26.5. The highest BCUT2D eigenvalue weighted by Gasteiger charge is 2.57. The summed E-state index contributed by atoms with van der Waals surface area (Å²) in [6.07, 6.45) is 12.2.